The van der Waals surface area contributed by atoms with Crippen molar-refractivity contribution in [2.24, 2.45) is 0 Å². The van der Waals surface area contributed by atoms with E-state index in [4.69, 9.17) is 9.47 Å². The SMILES string of the molecule is C=CCN1C(=O)S/C(=C\c2cc(Br)c(OC)c(OC)c2)C1=O. The Hall–Kier alpha value is -1.73. The van der Waals surface area contributed by atoms with Gasteiger partial charge in [-0.3, -0.25) is 14.5 Å². The van der Waals surface area contributed by atoms with Crippen molar-refractivity contribution in [2.45, 2.75) is 0 Å². The van der Waals surface area contributed by atoms with Crippen LogP contribution < -0.4 is 9.47 Å². The number of amides is 2. The number of hydrogen-bond acceptors (Lipinski definition) is 5. The van der Waals surface area contributed by atoms with E-state index in [1.165, 1.54) is 13.2 Å². The molecule has 5 nitrogen and oxygen atoms in total. The molecule has 0 saturated carbocycles. The number of nitrogens with zero attached hydrogens (tertiary/aromatic N) is 1. The van der Waals surface area contributed by atoms with E-state index >= 15 is 0 Å². The summed E-state index contributed by atoms with van der Waals surface area (Å²) in [5, 5.41) is -0.296. The predicted octanol–water partition coefficient (Wildman–Crippen LogP) is 3.69. The minimum Gasteiger partial charge on any atom is -0.493 e. The van der Waals surface area contributed by atoms with Crippen molar-refractivity contribution in [3.63, 3.8) is 0 Å². The zero-order chi connectivity index (χ0) is 16.3. The molecule has 0 bridgehead atoms. The van der Waals surface area contributed by atoms with Gasteiger partial charge in [0, 0.05) is 6.54 Å². The number of methoxy groups -OCH3 is 2. The Bertz CT molecular complexity index is 672. The third kappa shape index (κ3) is 3.20. The second-order valence-corrected chi connectivity index (χ2v) is 6.17. The van der Waals surface area contributed by atoms with Crippen LogP contribution >= 0.6 is 27.7 Å². The summed E-state index contributed by atoms with van der Waals surface area (Å²) in [5.74, 6) is 0.786. The van der Waals surface area contributed by atoms with Gasteiger partial charge in [-0.05, 0) is 51.5 Å². The van der Waals surface area contributed by atoms with E-state index in [9.17, 15) is 9.59 Å². The highest BCUT2D eigenvalue weighted by molar-refractivity contribution is 9.10. The number of carbonyl (C=O) groups is 2. The van der Waals surface area contributed by atoms with Gasteiger partial charge in [0.15, 0.2) is 11.5 Å². The lowest BCUT2D eigenvalue weighted by Crippen LogP contribution is -2.27. The Labute approximate surface area is 141 Å². The minimum atomic E-state index is -0.319. The van der Waals surface area contributed by atoms with Gasteiger partial charge in [-0.25, -0.2) is 0 Å². The number of thioether (sulfide) groups is 1. The molecule has 0 radical (unpaired) electrons. The third-order valence-corrected chi connectivity index (χ3v) is 4.44. The number of ether oxygens (including phenoxy) is 2. The van der Waals surface area contributed by atoms with E-state index < -0.39 is 0 Å². The fraction of sp³-hybridized carbons (Fsp3) is 0.200. The van der Waals surface area contributed by atoms with Crippen molar-refractivity contribution in [3.05, 3.63) is 39.7 Å². The summed E-state index contributed by atoms with van der Waals surface area (Å²) in [4.78, 5) is 25.5. The Morgan fingerprint density at radius 1 is 1.32 bits per heavy atom. The molecule has 0 spiro atoms. The average molecular weight is 384 g/mol. The van der Waals surface area contributed by atoms with Crippen LogP contribution in [0.4, 0.5) is 4.79 Å². The van der Waals surface area contributed by atoms with Gasteiger partial charge in [0.05, 0.1) is 23.6 Å². The van der Waals surface area contributed by atoms with Gasteiger partial charge in [0.25, 0.3) is 11.1 Å². The summed E-state index contributed by atoms with van der Waals surface area (Å²) in [5.41, 5.74) is 0.730. The minimum absolute atomic E-state index is 0.206. The normalized spacial score (nSPS) is 16.3. The largest absolute Gasteiger partial charge is 0.493 e. The maximum atomic E-state index is 12.2. The van der Waals surface area contributed by atoms with Crippen molar-refractivity contribution in [1.29, 1.82) is 0 Å². The van der Waals surface area contributed by atoms with Gasteiger partial charge >= 0.3 is 0 Å². The van der Waals surface area contributed by atoms with Crippen molar-refractivity contribution < 1.29 is 19.1 Å². The van der Waals surface area contributed by atoms with Crippen LogP contribution in [0.3, 0.4) is 0 Å². The van der Waals surface area contributed by atoms with Crippen LogP contribution in [0, 0.1) is 0 Å². The lowest BCUT2D eigenvalue weighted by molar-refractivity contribution is -0.122. The fourth-order valence-corrected chi connectivity index (χ4v) is 3.43. The van der Waals surface area contributed by atoms with Gasteiger partial charge in [-0.2, -0.15) is 0 Å². The summed E-state index contributed by atoms with van der Waals surface area (Å²) >= 11 is 4.30. The highest BCUT2D eigenvalue weighted by Crippen LogP contribution is 2.38. The molecule has 1 aromatic rings. The molecular weight excluding hydrogens is 370 g/mol. The van der Waals surface area contributed by atoms with E-state index in [1.54, 1.807) is 25.3 Å². The van der Waals surface area contributed by atoms with Crippen molar-refractivity contribution in [3.8, 4) is 11.5 Å². The Morgan fingerprint density at radius 3 is 2.64 bits per heavy atom. The smallest absolute Gasteiger partial charge is 0.293 e. The average Bonchev–Trinajstić information content (AvgIpc) is 2.74. The number of hydrogen-bond donors (Lipinski definition) is 0. The van der Waals surface area contributed by atoms with Crippen molar-refractivity contribution >= 4 is 44.9 Å². The second-order valence-electron chi connectivity index (χ2n) is 4.32. The number of carbonyl (C=O) groups excluding carboxylic acids is 2. The summed E-state index contributed by atoms with van der Waals surface area (Å²) in [6, 6.07) is 3.54. The number of benzene rings is 1. The molecule has 1 aliphatic heterocycles. The number of halogens is 1. The lowest BCUT2D eigenvalue weighted by atomic mass is 10.2. The molecule has 0 unspecified atom stereocenters. The summed E-state index contributed by atoms with van der Waals surface area (Å²) in [7, 11) is 3.08. The molecule has 1 aromatic carbocycles. The lowest BCUT2D eigenvalue weighted by Gasteiger charge is -2.10. The van der Waals surface area contributed by atoms with E-state index in [0.29, 0.717) is 20.9 Å². The van der Waals surface area contributed by atoms with Crippen molar-refractivity contribution in [2.75, 3.05) is 20.8 Å². The summed E-state index contributed by atoms with van der Waals surface area (Å²) < 4.78 is 11.2. The van der Waals surface area contributed by atoms with Crippen LogP contribution in [-0.2, 0) is 4.79 Å². The zero-order valence-corrected chi connectivity index (χ0v) is 14.5. The molecular formula is C15H14BrNO4S. The van der Waals surface area contributed by atoms with Crippen LogP contribution in [0.5, 0.6) is 11.5 Å². The van der Waals surface area contributed by atoms with Crippen LogP contribution in [-0.4, -0.2) is 36.8 Å². The van der Waals surface area contributed by atoms with Crippen LogP contribution in [0.2, 0.25) is 0 Å². The van der Waals surface area contributed by atoms with Crippen LogP contribution in [0.15, 0.2) is 34.2 Å². The van der Waals surface area contributed by atoms with Gasteiger partial charge in [-0.1, -0.05) is 6.08 Å². The standard InChI is InChI=1S/C15H14BrNO4S/c1-4-5-17-14(18)12(22-15(17)19)8-9-6-10(16)13(21-3)11(7-9)20-2/h4,6-8H,1,5H2,2-3H3/b12-8-. The monoisotopic (exact) mass is 383 g/mol. The van der Waals surface area contributed by atoms with Crippen molar-refractivity contribution in [1.82, 2.24) is 4.90 Å². The van der Waals surface area contributed by atoms with Crippen LogP contribution in [0.25, 0.3) is 6.08 Å². The Kier molecular flexibility index (Phi) is 5.31. The molecule has 0 aliphatic carbocycles. The summed E-state index contributed by atoms with van der Waals surface area (Å²) in [6.07, 6.45) is 3.17. The van der Waals surface area contributed by atoms with E-state index in [-0.39, 0.29) is 17.7 Å². The highest BCUT2D eigenvalue weighted by Gasteiger charge is 2.34. The molecule has 1 saturated heterocycles. The molecule has 1 fully saturated rings. The Balaban J connectivity index is 2.38. The van der Waals surface area contributed by atoms with Gasteiger partial charge in [-0.15, -0.1) is 6.58 Å². The first-order chi connectivity index (χ1) is 10.5. The third-order valence-electron chi connectivity index (χ3n) is 2.94. The highest BCUT2D eigenvalue weighted by atomic mass is 79.9. The molecule has 0 atom stereocenters. The first kappa shape index (κ1) is 16.6. The maximum Gasteiger partial charge on any atom is 0.293 e. The summed E-state index contributed by atoms with van der Waals surface area (Å²) in [6.45, 7) is 3.75. The molecule has 2 amide bonds. The topological polar surface area (TPSA) is 55.8 Å². The number of imide groups is 1. The zero-order valence-electron chi connectivity index (χ0n) is 12.1. The molecule has 1 heterocycles. The molecule has 0 N–H and O–H groups in total. The molecule has 1 aliphatic rings. The van der Waals surface area contributed by atoms with Crippen LogP contribution in [0.1, 0.15) is 5.56 Å². The predicted molar refractivity (Wildman–Crippen MR) is 90.1 cm³/mol. The Morgan fingerprint density at radius 2 is 2.05 bits per heavy atom. The molecule has 116 valence electrons. The first-order valence-electron chi connectivity index (χ1n) is 6.29. The van der Waals surface area contributed by atoms with E-state index in [2.05, 4.69) is 22.5 Å². The fourth-order valence-electron chi connectivity index (χ4n) is 1.96. The van der Waals surface area contributed by atoms with Gasteiger partial charge in [0.1, 0.15) is 0 Å². The quantitative estimate of drug-likeness (QED) is 0.573. The number of rotatable bonds is 5. The van der Waals surface area contributed by atoms with E-state index in [1.807, 2.05) is 0 Å². The first-order valence-corrected chi connectivity index (χ1v) is 7.90. The maximum absolute atomic E-state index is 12.2. The molecule has 2 rings (SSSR count). The van der Waals surface area contributed by atoms with Gasteiger partial charge < -0.3 is 9.47 Å². The van der Waals surface area contributed by atoms with E-state index in [0.717, 1.165) is 22.2 Å². The molecule has 0 aromatic heterocycles. The van der Waals surface area contributed by atoms with Gasteiger partial charge in [0.2, 0.25) is 0 Å². The molecule has 22 heavy (non-hydrogen) atoms. The molecule has 7 heteroatoms. The second kappa shape index (κ2) is 7.02.